The zero-order valence-electron chi connectivity index (χ0n) is 7.33. The molecular weight excluding hydrogens is 184 g/mol. The topological polar surface area (TPSA) is 52.0 Å². The minimum Gasteiger partial charge on any atom is -0.398 e. The van der Waals surface area contributed by atoms with E-state index >= 15 is 0 Å². The molecule has 3 heteroatoms. The van der Waals surface area contributed by atoms with Crippen LogP contribution < -0.4 is 11.5 Å². The predicted molar refractivity (Wildman–Crippen MR) is 55.5 cm³/mol. The van der Waals surface area contributed by atoms with Crippen molar-refractivity contribution in [2.45, 2.75) is 18.9 Å². The molecule has 0 unspecified atom stereocenters. The van der Waals surface area contributed by atoms with E-state index in [1.807, 2.05) is 18.2 Å². The number of hydrogen-bond donors (Lipinski definition) is 2. The van der Waals surface area contributed by atoms with E-state index < -0.39 is 0 Å². The Morgan fingerprint density at radius 3 is 2.62 bits per heavy atom. The fourth-order valence-electron chi connectivity index (χ4n) is 1.48. The first-order valence-electron chi connectivity index (χ1n) is 4.49. The molecule has 4 N–H and O–H groups in total. The SMILES string of the molecule is Nc1ccc([C@@H](N)C2CC2)cc1Cl. The standard InChI is InChI=1S/C10H13ClN2/c11-8-5-7(3-4-9(8)12)10(13)6-1-2-6/h3-6,10H,1-2,12-13H2/t10-/m0/s1. The van der Waals surface area contributed by atoms with Crippen LogP contribution in [-0.4, -0.2) is 0 Å². The van der Waals surface area contributed by atoms with E-state index in [2.05, 4.69) is 0 Å². The van der Waals surface area contributed by atoms with Crippen LogP contribution in [0.3, 0.4) is 0 Å². The largest absolute Gasteiger partial charge is 0.398 e. The van der Waals surface area contributed by atoms with Crippen LogP contribution in [0.1, 0.15) is 24.4 Å². The Labute approximate surface area is 82.9 Å². The van der Waals surface area contributed by atoms with Crippen molar-refractivity contribution in [2.75, 3.05) is 5.73 Å². The normalized spacial score (nSPS) is 18.6. The molecule has 1 fully saturated rings. The third-order valence-corrected chi connectivity index (χ3v) is 2.87. The number of rotatable bonds is 2. The van der Waals surface area contributed by atoms with Gasteiger partial charge in [-0.2, -0.15) is 0 Å². The summed E-state index contributed by atoms with van der Waals surface area (Å²) in [6.45, 7) is 0. The summed E-state index contributed by atoms with van der Waals surface area (Å²) >= 11 is 5.90. The second kappa shape index (κ2) is 3.20. The average Bonchev–Trinajstić information content (AvgIpc) is 2.91. The van der Waals surface area contributed by atoms with E-state index in [0.29, 0.717) is 16.6 Å². The lowest BCUT2D eigenvalue weighted by atomic mass is 10.0. The van der Waals surface area contributed by atoms with E-state index in [-0.39, 0.29) is 6.04 Å². The number of nitrogen functional groups attached to an aromatic ring is 1. The Hall–Kier alpha value is -0.730. The van der Waals surface area contributed by atoms with E-state index in [1.165, 1.54) is 12.8 Å². The Balaban J connectivity index is 2.24. The fourth-order valence-corrected chi connectivity index (χ4v) is 1.67. The molecule has 0 aliphatic heterocycles. The molecule has 0 spiro atoms. The zero-order valence-corrected chi connectivity index (χ0v) is 8.09. The van der Waals surface area contributed by atoms with Gasteiger partial charge in [0, 0.05) is 6.04 Å². The van der Waals surface area contributed by atoms with Crippen LogP contribution in [-0.2, 0) is 0 Å². The van der Waals surface area contributed by atoms with E-state index in [4.69, 9.17) is 23.1 Å². The van der Waals surface area contributed by atoms with Gasteiger partial charge in [0.05, 0.1) is 10.7 Å². The second-order valence-corrected chi connectivity index (χ2v) is 4.05. The second-order valence-electron chi connectivity index (χ2n) is 3.64. The van der Waals surface area contributed by atoms with Gasteiger partial charge in [-0.3, -0.25) is 0 Å². The smallest absolute Gasteiger partial charge is 0.0638 e. The van der Waals surface area contributed by atoms with Crippen molar-refractivity contribution in [3.05, 3.63) is 28.8 Å². The fraction of sp³-hybridized carbons (Fsp3) is 0.400. The molecule has 1 aliphatic rings. The molecule has 2 rings (SSSR count). The van der Waals surface area contributed by atoms with Crippen LogP contribution in [0, 0.1) is 5.92 Å². The molecular formula is C10H13ClN2. The van der Waals surface area contributed by atoms with Gasteiger partial charge < -0.3 is 11.5 Å². The quantitative estimate of drug-likeness (QED) is 0.714. The monoisotopic (exact) mass is 196 g/mol. The summed E-state index contributed by atoms with van der Waals surface area (Å²) in [4.78, 5) is 0. The summed E-state index contributed by atoms with van der Waals surface area (Å²) in [5.74, 6) is 0.652. The molecule has 0 saturated heterocycles. The highest BCUT2D eigenvalue weighted by molar-refractivity contribution is 6.33. The maximum Gasteiger partial charge on any atom is 0.0638 e. The van der Waals surface area contributed by atoms with Gasteiger partial charge in [0.1, 0.15) is 0 Å². The Morgan fingerprint density at radius 1 is 1.38 bits per heavy atom. The maximum absolute atomic E-state index is 6.02. The van der Waals surface area contributed by atoms with Crippen LogP contribution in [0.4, 0.5) is 5.69 Å². The number of anilines is 1. The number of hydrogen-bond acceptors (Lipinski definition) is 2. The lowest BCUT2D eigenvalue weighted by molar-refractivity contribution is 0.633. The van der Waals surface area contributed by atoms with Crippen molar-refractivity contribution in [1.29, 1.82) is 0 Å². The van der Waals surface area contributed by atoms with Crippen LogP contribution in [0.25, 0.3) is 0 Å². The molecule has 1 atom stereocenters. The van der Waals surface area contributed by atoms with Gasteiger partial charge in [-0.05, 0) is 36.5 Å². The van der Waals surface area contributed by atoms with Gasteiger partial charge in [0.2, 0.25) is 0 Å². The molecule has 1 aromatic rings. The van der Waals surface area contributed by atoms with Crippen LogP contribution in [0.5, 0.6) is 0 Å². The van der Waals surface area contributed by atoms with Crippen molar-refractivity contribution < 1.29 is 0 Å². The number of halogens is 1. The maximum atomic E-state index is 6.02. The summed E-state index contributed by atoms with van der Waals surface area (Å²) in [6, 6.07) is 5.79. The van der Waals surface area contributed by atoms with Crippen LogP contribution >= 0.6 is 11.6 Å². The molecule has 70 valence electrons. The predicted octanol–water partition coefficient (Wildman–Crippen LogP) is 2.33. The molecule has 2 nitrogen and oxygen atoms in total. The molecule has 1 aliphatic carbocycles. The Bertz CT molecular complexity index is 321. The van der Waals surface area contributed by atoms with Gasteiger partial charge in [0.25, 0.3) is 0 Å². The van der Waals surface area contributed by atoms with Crippen LogP contribution in [0.2, 0.25) is 5.02 Å². The molecule has 1 saturated carbocycles. The van der Waals surface area contributed by atoms with E-state index in [1.54, 1.807) is 0 Å². The minimum absolute atomic E-state index is 0.137. The molecule has 0 bridgehead atoms. The minimum atomic E-state index is 0.137. The molecule has 0 aromatic heterocycles. The first-order chi connectivity index (χ1) is 6.18. The molecule has 13 heavy (non-hydrogen) atoms. The summed E-state index contributed by atoms with van der Waals surface area (Å²) in [5, 5.41) is 0.605. The highest BCUT2D eigenvalue weighted by Crippen LogP contribution is 2.40. The lowest BCUT2D eigenvalue weighted by Crippen LogP contribution is -2.12. The first kappa shape index (κ1) is 8.85. The summed E-state index contributed by atoms with van der Waals surface area (Å²) in [7, 11) is 0. The van der Waals surface area contributed by atoms with Crippen molar-refractivity contribution in [2.24, 2.45) is 11.7 Å². The zero-order chi connectivity index (χ0) is 9.42. The summed E-state index contributed by atoms with van der Waals surface area (Å²) in [6.07, 6.45) is 2.48. The molecule has 1 aromatic carbocycles. The third kappa shape index (κ3) is 1.79. The average molecular weight is 197 g/mol. The molecule has 0 heterocycles. The lowest BCUT2D eigenvalue weighted by Gasteiger charge is -2.11. The van der Waals surface area contributed by atoms with Crippen molar-refractivity contribution >= 4 is 17.3 Å². The van der Waals surface area contributed by atoms with Gasteiger partial charge >= 0.3 is 0 Å². The molecule has 0 radical (unpaired) electrons. The van der Waals surface area contributed by atoms with Crippen molar-refractivity contribution in [3.8, 4) is 0 Å². The van der Waals surface area contributed by atoms with Gasteiger partial charge in [-0.25, -0.2) is 0 Å². The van der Waals surface area contributed by atoms with Gasteiger partial charge in [-0.15, -0.1) is 0 Å². The van der Waals surface area contributed by atoms with Crippen molar-refractivity contribution in [1.82, 2.24) is 0 Å². The summed E-state index contributed by atoms with van der Waals surface area (Å²) in [5.41, 5.74) is 13.3. The summed E-state index contributed by atoms with van der Waals surface area (Å²) < 4.78 is 0. The number of benzene rings is 1. The van der Waals surface area contributed by atoms with Crippen molar-refractivity contribution in [3.63, 3.8) is 0 Å². The van der Waals surface area contributed by atoms with Gasteiger partial charge in [0.15, 0.2) is 0 Å². The highest BCUT2D eigenvalue weighted by atomic mass is 35.5. The Morgan fingerprint density at radius 2 is 2.08 bits per heavy atom. The van der Waals surface area contributed by atoms with E-state index in [0.717, 1.165) is 5.56 Å². The van der Waals surface area contributed by atoms with Gasteiger partial charge in [-0.1, -0.05) is 17.7 Å². The van der Waals surface area contributed by atoms with Crippen LogP contribution in [0.15, 0.2) is 18.2 Å². The molecule has 0 amide bonds. The first-order valence-corrected chi connectivity index (χ1v) is 4.87. The number of nitrogens with two attached hydrogens (primary N) is 2. The highest BCUT2D eigenvalue weighted by Gasteiger charge is 2.29. The van der Waals surface area contributed by atoms with E-state index in [9.17, 15) is 0 Å². The Kier molecular flexibility index (Phi) is 2.18. The third-order valence-electron chi connectivity index (χ3n) is 2.54.